The van der Waals surface area contributed by atoms with Crippen molar-refractivity contribution < 1.29 is 17.7 Å². The van der Waals surface area contributed by atoms with Crippen molar-refractivity contribution >= 4 is 10.1 Å². The summed E-state index contributed by atoms with van der Waals surface area (Å²) in [6.07, 6.45) is 4.19. The molecule has 0 amide bonds. The maximum atomic E-state index is 11.1. The minimum Gasteiger partial charge on any atom is -0.508 e. The predicted molar refractivity (Wildman–Crippen MR) is 72.2 cm³/mol. The Labute approximate surface area is 113 Å². The monoisotopic (exact) mass is 285 g/mol. The van der Waals surface area contributed by atoms with E-state index in [1.807, 2.05) is 17.0 Å². The first-order chi connectivity index (χ1) is 8.96. The number of phenolic OH excluding ortho intramolecular Hbond substituents is 1. The minimum atomic E-state index is -3.42. The number of aromatic hydroxyl groups is 1. The third kappa shape index (κ3) is 4.19. The molecular formula is C13H19NO4S. The van der Waals surface area contributed by atoms with E-state index in [1.54, 1.807) is 12.1 Å². The molecule has 1 saturated heterocycles. The van der Waals surface area contributed by atoms with Gasteiger partial charge in [-0.25, -0.2) is 0 Å². The second-order valence-electron chi connectivity index (χ2n) is 4.87. The summed E-state index contributed by atoms with van der Waals surface area (Å²) in [5, 5.41) is 9.31. The Bertz CT molecular complexity index is 512. The van der Waals surface area contributed by atoms with E-state index in [9.17, 15) is 13.5 Å². The summed E-state index contributed by atoms with van der Waals surface area (Å²) in [6.45, 7) is 0.908. The molecule has 1 N–H and O–H groups in total. The Morgan fingerprint density at radius 3 is 2.63 bits per heavy atom. The highest BCUT2D eigenvalue weighted by atomic mass is 32.2. The highest BCUT2D eigenvalue weighted by Gasteiger charge is 2.24. The average molecular weight is 285 g/mol. The molecule has 6 heteroatoms. The van der Waals surface area contributed by atoms with Gasteiger partial charge < -0.3 is 5.11 Å². The van der Waals surface area contributed by atoms with Crippen LogP contribution in [0.5, 0.6) is 5.75 Å². The summed E-state index contributed by atoms with van der Waals surface area (Å²) in [5.41, 5.74) is 1.08. The van der Waals surface area contributed by atoms with Crippen LogP contribution in [-0.4, -0.2) is 38.0 Å². The summed E-state index contributed by atoms with van der Waals surface area (Å²) in [4.78, 5) is 2.02. The van der Waals surface area contributed by atoms with Crippen LogP contribution in [0.25, 0.3) is 0 Å². The van der Waals surface area contributed by atoms with Gasteiger partial charge in [0, 0.05) is 12.6 Å². The van der Waals surface area contributed by atoms with Crippen molar-refractivity contribution in [2.24, 2.45) is 0 Å². The normalized spacial score (nSPS) is 21.4. The van der Waals surface area contributed by atoms with Gasteiger partial charge in [-0.05, 0) is 30.5 Å². The summed E-state index contributed by atoms with van der Waals surface area (Å²) < 4.78 is 27.1. The average Bonchev–Trinajstić information content (AvgIpc) is 2.37. The van der Waals surface area contributed by atoms with E-state index in [2.05, 4.69) is 0 Å². The van der Waals surface area contributed by atoms with E-state index in [0.29, 0.717) is 0 Å². The van der Waals surface area contributed by atoms with Gasteiger partial charge in [-0.1, -0.05) is 18.6 Å². The minimum absolute atomic E-state index is 0.0877. The van der Waals surface area contributed by atoms with Gasteiger partial charge in [-0.3, -0.25) is 9.08 Å². The largest absolute Gasteiger partial charge is 0.508 e. The quantitative estimate of drug-likeness (QED) is 0.855. The van der Waals surface area contributed by atoms with Crippen molar-refractivity contribution in [2.75, 3.05) is 19.5 Å². The summed E-state index contributed by atoms with van der Waals surface area (Å²) in [6, 6.07) is 7.20. The zero-order valence-corrected chi connectivity index (χ0v) is 11.8. The van der Waals surface area contributed by atoms with Gasteiger partial charge in [0.15, 0.2) is 0 Å². The Hall–Kier alpha value is -1.11. The van der Waals surface area contributed by atoms with Crippen LogP contribution < -0.4 is 0 Å². The third-order valence-corrected chi connectivity index (χ3v) is 3.86. The van der Waals surface area contributed by atoms with E-state index in [-0.39, 0.29) is 18.5 Å². The summed E-state index contributed by atoms with van der Waals surface area (Å²) >= 11 is 0. The third-order valence-electron chi connectivity index (χ3n) is 3.32. The zero-order chi connectivity index (χ0) is 13.9. The van der Waals surface area contributed by atoms with E-state index < -0.39 is 10.1 Å². The van der Waals surface area contributed by atoms with Gasteiger partial charge in [0.1, 0.15) is 12.5 Å². The number of benzene rings is 1. The molecule has 1 aliphatic heterocycles. The van der Waals surface area contributed by atoms with Crippen LogP contribution >= 0.6 is 0 Å². The number of phenols is 1. The van der Waals surface area contributed by atoms with Gasteiger partial charge in [-0.15, -0.1) is 0 Å². The maximum Gasteiger partial charge on any atom is 0.265 e. The maximum absolute atomic E-state index is 11.1. The van der Waals surface area contributed by atoms with Gasteiger partial charge in [0.05, 0.1) is 6.26 Å². The lowest BCUT2D eigenvalue weighted by Gasteiger charge is -2.35. The van der Waals surface area contributed by atoms with E-state index >= 15 is 0 Å². The molecule has 1 fully saturated rings. The smallest absolute Gasteiger partial charge is 0.265 e. The van der Waals surface area contributed by atoms with Crippen molar-refractivity contribution in [1.29, 1.82) is 0 Å². The molecule has 1 aliphatic rings. The molecule has 0 radical (unpaired) electrons. The fourth-order valence-corrected chi connectivity index (χ4v) is 2.71. The van der Waals surface area contributed by atoms with Crippen molar-refractivity contribution in [3.63, 3.8) is 0 Å². The van der Waals surface area contributed by atoms with Gasteiger partial charge in [0.2, 0.25) is 0 Å². The van der Waals surface area contributed by atoms with Crippen LogP contribution in [0.15, 0.2) is 24.3 Å². The Balaban J connectivity index is 2.09. The molecule has 1 aromatic rings. The van der Waals surface area contributed by atoms with Crippen LogP contribution in [0.3, 0.4) is 0 Å². The fraction of sp³-hybridized carbons (Fsp3) is 0.538. The zero-order valence-electron chi connectivity index (χ0n) is 10.9. The molecule has 0 aliphatic carbocycles. The number of nitrogens with zero attached hydrogens (tertiary/aromatic N) is 1. The number of rotatable bonds is 4. The lowest BCUT2D eigenvalue weighted by atomic mass is 9.96. The van der Waals surface area contributed by atoms with E-state index in [4.69, 9.17) is 4.18 Å². The first-order valence-corrected chi connectivity index (χ1v) is 8.15. The molecule has 0 aromatic heterocycles. The Morgan fingerprint density at radius 1 is 1.32 bits per heavy atom. The molecule has 0 saturated carbocycles. The van der Waals surface area contributed by atoms with Crippen LogP contribution in [0.4, 0.5) is 0 Å². The number of hydrogen-bond donors (Lipinski definition) is 1. The molecule has 1 aromatic carbocycles. The number of likely N-dealkylation sites (tertiary alicyclic amines) is 1. The molecular weight excluding hydrogens is 266 g/mol. The first kappa shape index (κ1) is 14.3. The first-order valence-electron chi connectivity index (χ1n) is 6.33. The summed E-state index contributed by atoms with van der Waals surface area (Å²) in [5.74, 6) is 0.235. The topological polar surface area (TPSA) is 66.8 Å². The second-order valence-corrected chi connectivity index (χ2v) is 6.51. The van der Waals surface area contributed by atoms with Gasteiger partial charge in [0.25, 0.3) is 10.1 Å². The van der Waals surface area contributed by atoms with Crippen molar-refractivity contribution in [3.8, 4) is 5.75 Å². The van der Waals surface area contributed by atoms with Gasteiger partial charge >= 0.3 is 0 Å². The molecule has 2 rings (SSSR count). The van der Waals surface area contributed by atoms with Crippen molar-refractivity contribution in [2.45, 2.75) is 25.3 Å². The SMILES string of the molecule is CS(=O)(=O)OCN1CCCCC1c1ccc(O)cc1. The predicted octanol–water partition coefficient (Wildman–Crippen LogP) is 1.85. The highest BCUT2D eigenvalue weighted by Crippen LogP contribution is 2.31. The highest BCUT2D eigenvalue weighted by molar-refractivity contribution is 7.85. The van der Waals surface area contributed by atoms with Crippen LogP contribution in [0.1, 0.15) is 30.9 Å². The van der Waals surface area contributed by atoms with E-state index in [1.165, 1.54) is 0 Å². The molecule has 106 valence electrons. The molecule has 5 nitrogen and oxygen atoms in total. The number of hydrogen-bond acceptors (Lipinski definition) is 5. The standard InChI is InChI=1S/C13H19NO4S/c1-19(16,17)18-10-14-9-3-2-4-13(14)11-5-7-12(15)8-6-11/h5-8,13,15H,2-4,9-10H2,1H3. The van der Waals surface area contributed by atoms with Gasteiger partial charge in [-0.2, -0.15) is 8.42 Å². The van der Waals surface area contributed by atoms with Crippen molar-refractivity contribution in [3.05, 3.63) is 29.8 Å². The molecule has 1 atom stereocenters. The molecule has 0 spiro atoms. The molecule has 1 heterocycles. The molecule has 0 bridgehead atoms. The lowest BCUT2D eigenvalue weighted by Crippen LogP contribution is -2.35. The lowest BCUT2D eigenvalue weighted by molar-refractivity contribution is 0.0618. The molecule has 19 heavy (non-hydrogen) atoms. The van der Waals surface area contributed by atoms with Crippen molar-refractivity contribution in [1.82, 2.24) is 4.90 Å². The van der Waals surface area contributed by atoms with E-state index in [0.717, 1.165) is 37.6 Å². The van der Waals surface area contributed by atoms with Crippen LogP contribution in [-0.2, 0) is 14.3 Å². The number of piperidine rings is 1. The Kier molecular flexibility index (Phi) is 4.44. The second kappa shape index (κ2) is 5.90. The summed E-state index contributed by atoms with van der Waals surface area (Å²) in [7, 11) is -3.42. The molecule has 1 unspecified atom stereocenters. The van der Waals surface area contributed by atoms with Crippen LogP contribution in [0, 0.1) is 0 Å². The Morgan fingerprint density at radius 2 is 2.00 bits per heavy atom. The van der Waals surface area contributed by atoms with Crippen LogP contribution in [0.2, 0.25) is 0 Å². The fourth-order valence-electron chi connectivity index (χ4n) is 2.38.